The van der Waals surface area contributed by atoms with Gasteiger partial charge in [0.15, 0.2) is 0 Å². The number of aliphatic hydroxyl groups is 1. The fourth-order valence-corrected chi connectivity index (χ4v) is 5.37. The van der Waals surface area contributed by atoms with Crippen molar-refractivity contribution in [2.24, 2.45) is 11.8 Å². The van der Waals surface area contributed by atoms with E-state index in [1.807, 2.05) is 13.8 Å². The summed E-state index contributed by atoms with van der Waals surface area (Å²) in [5.41, 5.74) is -0.778. The molecule has 1 saturated heterocycles. The Morgan fingerprint density at radius 2 is 1.71 bits per heavy atom. The molecule has 1 aliphatic heterocycles. The van der Waals surface area contributed by atoms with Crippen molar-refractivity contribution >= 4 is 23.6 Å². The fraction of sp³-hybridized carbons (Fsp3) is 0.862. The van der Waals surface area contributed by atoms with E-state index in [1.54, 1.807) is 63.7 Å². The Hall–Kier alpha value is -2.28. The molecular weight excluding hydrogens is 530 g/mol. The van der Waals surface area contributed by atoms with Crippen LogP contribution >= 0.6 is 0 Å². The van der Waals surface area contributed by atoms with Gasteiger partial charge in [-0.25, -0.2) is 0 Å². The van der Waals surface area contributed by atoms with Gasteiger partial charge in [0, 0.05) is 34.4 Å². The number of likely N-dealkylation sites (N-methyl/N-ethyl adjacent to an activating group) is 2. The van der Waals surface area contributed by atoms with Gasteiger partial charge in [-0.15, -0.1) is 0 Å². The molecule has 0 radical (unpaired) electrons. The lowest BCUT2D eigenvalue weighted by atomic mass is 9.90. The third-order valence-electron chi connectivity index (χ3n) is 8.79. The first-order valence-corrected chi connectivity index (χ1v) is 14.6. The van der Waals surface area contributed by atoms with Crippen LogP contribution in [0.1, 0.15) is 60.3 Å². The minimum Gasteiger partial charge on any atom is -0.395 e. The minimum atomic E-state index is -0.778. The standard InChI is InChI=1S/C29H55N5O7/c1-11-19(2)25(33(8)24(37)18-31-28(39)29(4,5)32(6)7)22(40-9)17-23(36)34-15-12-13-21(34)26(41-10)20(3)27(38)30-14-16-35/h19-22,25-26,35H,11-18H2,1-10H3,(H,30,38)(H,31,39). The lowest BCUT2D eigenvalue weighted by molar-refractivity contribution is -0.146. The lowest BCUT2D eigenvalue weighted by Crippen LogP contribution is -2.56. The minimum absolute atomic E-state index is 0.0203. The van der Waals surface area contributed by atoms with E-state index in [0.29, 0.717) is 13.0 Å². The Kier molecular flexibility index (Phi) is 15.2. The molecule has 0 aliphatic carbocycles. The van der Waals surface area contributed by atoms with Gasteiger partial charge in [0.25, 0.3) is 0 Å². The highest BCUT2D eigenvalue weighted by atomic mass is 16.5. The van der Waals surface area contributed by atoms with Gasteiger partial charge in [-0.1, -0.05) is 27.2 Å². The third-order valence-corrected chi connectivity index (χ3v) is 8.79. The van der Waals surface area contributed by atoms with E-state index in [2.05, 4.69) is 10.6 Å². The summed E-state index contributed by atoms with van der Waals surface area (Å²) < 4.78 is 11.6. The Bertz CT molecular complexity index is 868. The van der Waals surface area contributed by atoms with Gasteiger partial charge < -0.3 is 35.0 Å². The summed E-state index contributed by atoms with van der Waals surface area (Å²) in [5, 5.41) is 14.5. The summed E-state index contributed by atoms with van der Waals surface area (Å²) in [6, 6.07) is -0.681. The zero-order valence-corrected chi connectivity index (χ0v) is 26.9. The summed E-state index contributed by atoms with van der Waals surface area (Å²) in [7, 11) is 8.38. The Balaban J connectivity index is 3.05. The van der Waals surface area contributed by atoms with Crippen LogP contribution in [0.5, 0.6) is 0 Å². The van der Waals surface area contributed by atoms with Gasteiger partial charge in [-0.2, -0.15) is 0 Å². The molecule has 0 aromatic heterocycles. The summed E-state index contributed by atoms with van der Waals surface area (Å²) in [4.78, 5) is 57.4. The average molecular weight is 586 g/mol. The van der Waals surface area contributed by atoms with Gasteiger partial charge in [0.2, 0.25) is 23.6 Å². The summed E-state index contributed by atoms with van der Waals surface area (Å²) in [6.07, 6.45) is 1.22. The third kappa shape index (κ3) is 9.62. The van der Waals surface area contributed by atoms with Crippen LogP contribution in [-0.4, -0.2) is 135 Å². The number of aliphatic hydroxyl groups excluding tert-OH is 1. The number of likely N-dealkylation sites (tertiary alicyclic amines) is 1. The second kappa shape index (κ2) is 17.0. The maximum absolute atomic E-state index is 13.7. The fourth-order valence-electron chi connectivity index (χ4n) is 5.37. The molecule has 238 valence electrons. The largest absolute Gasteiger partial charge is 0.395 e. The zero-order valence-electron chi connectivity index (χ0n) is 26.9. The van der Waals surface area contributed by atoms with Gasteiger partial charge in [0.1, 0.15) is 0 Å². The Morgan fingerprint density at radius 3 is 2.22 bits per heavy atom. The average Bonchev–Trinajstić information content (AvgIpc) is 3.43. The lowest BCUT2D eigenvalue weighted by Gasteiger charge is -2.39. The number of nitrogens with zero attached hydrogens (tertiary/aromatic N) is 3. The highest BCUT2D eigenvalue weighted by Crippen LogP contribution is 2.29. The van der Waals surface area contributed by atoms with Crippen molar-refractivity contribution in [2.75, 3.05) is 61.6 Å². The maximum atomic E-state index is 13.7. The molecule has 0 aromatic carbocycles. The smallest absolute Gasteiger partial charge is 0.242 e. The van der Waals surface area contributed by atoms with Gasteiger partial charge in [-0.3, -0.25) is 24.1 Å². The highest BCUT2D eigenvalue weighted by molar-refractivity contribution is 5.89. The Morgan fingerprint density at radius 1 is 1.07 bits per heavy atom. The summed E-state index contributed by atoms with van der Waals surface area (Å²) in [5.74, 6) is -1.39. The number of hydrogen-bond donors (Lipinski definition) is 3. The van der Waals surface area contributed by atoms with Crippen LogP contribution < -0.4 is 10.6 Å². The van der Waals surface area contributed by atoms with Gasteiger partial charge in [0.05, 0.1) is 55.3 Å². The predicted molar refractivity (Wildman–Crippen MR) is 157 cm³/mol. The van der Waals surface area contributed by atoms with Crippen LogP contribution in [0.25, 0.3) is 0 Å². The topological polar surface area (TPSA) is 141 Å². The van der Waals surface area contributed by atoms with Crippen LogP contribution in [0.4, 0.5) is 0 Å². The first-order valence-electron chi connectivity index (χ1n) is 14.6. The molecule has 0 spiro atoms. The molecule has 0 saturated carbocycles. The second-order valence-electron chi connectivity index (χ2n) is 11.8. The van der Waals surface area contributed by atoms with Crippen molar-refractivity contribution in [3.8, 4) is 0 Å². The molecule has 1 aliphatic rings. The van der Waals surface area contributed by atoms with Crippen molar-refractivity contribution in [3.63, 3.8) is 0 Å². The van der Waals surface area contributed by atoms with Crippen LogP contribution in [0.15, 0.2) is 0 Å². The van der Waals surface area contributed by atoms with Crippen molar-refractivity contribution in [1.29, 1.82) is 0 Å². The van der Waals surface area contributed by atoms with E-state index in [0.717, 1.165) is 12.8 Å². The van der Waals surface area contributed by atoms with E-state index in [1.165, 1.54) is 7.11 Å². The zero-order chi connectivity index (χ0) is 31.5. The number of nitrogens with one attached hydrogen (secondary N) is 2. The molecule has 12 heteroatoms. The van der Waals surface area contributed by atoms with Crippen LogP contribution in [0, 0.1) is 11.8 Å². The molecule has 12 nitrogen and oxygen atoms in total. The second-order valence-corrected chi connectivity index (χ2v) is 11.8. The first kappa shape index (κ1) is 36.7. The van der Waals surface area contributed by atoms with E-state index >= 15 is 0 Å². The van der Waals surface area contributed by atoms with Crippen molar-refractivity contribution in [3.05, 3.63) is 0 Å². The molecule has 0 aromatic rings. The van der Waals surface area contributed by atoms with Gasteiger partial charge >= 0.3 is 0 Å². The quantitative estimate of drug-likeness (QED) is 0.224. The van der Waals surface area contributed by atoms with Crippen LogP contribution in [0.3, 0.4) is 0 Å². The predicted octanol–water partition coefficient (Wildman–Crippen LogP) is 0.472. The molecule has 1 heterocycles. The first-order chi connectivity index (χ1) is 19.2. The van der Waals surface area contributed by atoms with E-state index in [4.69, 9.17) is 14.6 Å². The SMILES string of the molecule is CCC(C)C(C(CC(=O)N1CCCC1C(OC)C(C)C(=O)NCCO)OC)N(C)C(=O)CNC(=O)C(C)(C)N(C)C. The van der Waals surface area contributed by atoms with Gasteiger partial charge in [-0.05, 0) is 46.7 Å². The molecule has 1 rings (SSSR count). The van der Waals surface area contributed by atoms with Crippen LogP contribution in [0.2, 0.25) is 0 Å². The number of methoxy groups -OCH3 is 2. The molecule has 6 unspecified atom stereocenters. The molecule has 6 atom stereocenters. The normalized spacial score (nSPS) is 19.3. The molecular formula is C29H55N5O7. The number of ether oxygens (including phenoxy) is 2. The maximum Gasteiger partial charge on any atom is 0.242 e. The monoisotopic (exact) mass is 585 g/mol. The number of hydrogen-bond acceptors (Lipinski definition) is 8. The molecule has 0 bridgehead atoms. The molecule has 4 amide bonds. The Labute approximate surface area is 246 Å². The number of rotatable bonds is 17. The van der Waals surface area contributed by atoms with Crippen molar-refractivity contribution in [1.82, 2.24) is 25.3 Å². The molecule has 1 fully saturated rings. The number of carbonyl (C=O) groups is 4. The highest BCUT2D eigenvalue weighted by Gasteiger charge is 2.42. The van der Waals surface area contributed by atoms with Crippen LogP contribution in [-0.2, 0) is 28.7 Å². The van der Waals surface area contributed by atoms with E-state index in [9.17, 15) is 19.2 Å². The van der Waals surface area contributed by atoms with Crippen molar-refractivity contribution in [2.45, 2.75) is 90.1 Å². The molecule has 3 N–H and O–H groups in total. The summed E-state index contributed by atoms with van der Waals surface area (Å²) in [6.45, 7) is 9.75. The number of carbonyl (C=O) groups excluding carboxylic acids is 4. The number of amides is 4. The molecule has 41 heavy (non-hydrogen) atoms. The van der Waals surface area contributed by atoms with E-state index < -0.39 is 29.7 Å². The summed E-state index contributed by atoms with van der Waals surface area (Å²) >= 11 is 0. The van der Waals surface area contributed by atoms with Crippen molar-refractivity contribution < 1.29 is 33.8 Å². The van der Waals surface area contributed by atoms with E-state index in [-0.39, 0.29) is 61.7 Å².